The van der Waals surface area contributed by atoms with Crippen LogP contribution in [-0.2, 0) is 10.8 Å². The van der Waals surface area contributed by atoms with Gasteiger partial charge in [0.2, 0.25) is 0 Å². The van der Waals surface area contributed by atoms with E-state index in [1.807, 2.05) is 0 Å². The predicted molar refractivity (Wildman–Crippen MR) is 263 cm³/mol. The first-order valence-electron chi connectivity index (χ1n) is 23.0. The summed E-state index contributed by atoms with van der Waals surface area (Å²) in [5.74, 6) is 1.40. The van der Waals surface area contributed by atoms with E-state index in [0.717, 1.165) is 5.92 Å². The van der Waals surface area contributed by atoms with E-state index < -0.39 is 5.41 Å². The van der Waals surface area contributed by atoms with Crippen LogP contribution in [0.15, 0.2) is 200 Å². The van der Waals surface area contributed by atoms with Crippen molar-refractivity contribution in [3.63, 3.8) is 0 Å². The zero-order valence-electron chi connectivity index (χ0n) is 36.0. The van der Waals surface area contributed by atoms with Crippen molar-refractivity contribution in [2.24, 2.45) is 11.8 Å². The van der Waals surface area contributed by atoms with Gasteiger partial charge in [-0.15, -0.1) is 0 Å². The Bertz CT molecular complexity index is 3290. The number of rotatable bonds is 6. The van der Waals surface area contributed by atoms with Gasteiger partial charge in [-0.2, -0.15) is 0 Å². The molecule has 4 atom stereocenters. The first-order chi connectivity index (χ1) is 31.1. The Hall–Kier alpha value is -6.96. The van der Waals surface area contributed by atoms with Gasteiger partial charge in [0, 0.05) is 16.8 Å². The van der Waals surface area contributed by atoms with Crippen molar-refractivity contribution >= 4 is 27.8 Å². The average molecular weight is 808 g/mol. The van der Waals surface area contributed by atoms with Crippen LogP contribution in [0.25, 0.3) is 44.2 Å². The molecule has 1 heteroatoms. The van der Waals surface area contributed by atoms with E-state index in [1.54, 1.807) is 5.56 Å². The topological polar surface area (TPSA) is 3.24 Å². The molecule has 1 spiro atoms. The molecule has 1 nitrogen and oxygen atoms in total. The Morgan fingerprint density at radius 2 is 1.11 bits per heavy atom. The van der Waals surface area contributed by atoms with E-state index in [4.69, 9.17) is 0 Å². The minimum Gasteiger partial charge on any atom is -0.310 e. The lowest BCUT2D eigenvalue weighted by Gasteiger charge is -2.40. The third-order valence-corrected chi connectivity index (χ3v) is 15.8. The summed E-state index contributed by atoms with van der Waals surface area (Å²) >= 11 is 0. The highest BCUT2D eigenvalue weighted by Gasteiger charge is 2.58. The molecule has 4 aliphatic rings. The fourth-order valence-corrected chi connectivity index (χ4v) is 13.5. The normalized spacial score (nSPS) is 21.0. The molecule has 2 fully saturated rings. The number of hydrogen-bond acceptors (Lipinski definition) is 1. The SMILES string of the molecule is Cc1cccc2c1-c1ccccc1C2(c1ccccc1)c1cccc(N(c2ccc3cccc(-c4ccccc4)c3c2)c2cccc3c2C2(CC4CCC2C4)c2cccc(C)c2-3)c1. The number of nitrogens with zero attached hydrogens (tertiary/aromatic N) is 1. The molecule has 0 radical (unpaired) electrons. The van der Waals surface area contributed by atoms with Gasteiger partial charge in [0.15, 0.2) is 0 Å². The molecule has 0 aromatic heterocycles. The highest BCUT2D eigenvalue weighted by atomic mass is 15.1. The van der Waals surface area contributed by atoms with Gasteiger partial charge in [0.1, 0.15) is 0 Å². The van der Waals surface area contributed by atoms with Crippen LogP contribution in [0.3, 0.4) is 0 Å². The predicted octanol–water partition coefficient (Wildman–Crippen LogP) is 16.0. The third-order valence-electron chi connectivity index (χ3n) is 15.8. The molecule has 9 aromatic rings. The van der Waals surface area contributed by atoms with Crippen LogP contribution >= 0.6 is 0 Å². The van der Waals surface area contributed by atoms with Crippen LogP contribution in [0.1, 0.15) is 70.2 Å². The maximum Gasteiger partial charge on any atom is 0.0714 e. The Morgan fingerprint density at radius 1 is 0.476 bits per heavy atom. The molecule has 0 heterocycles. The molecule has 4 unspecified atom stereocenters. The standard InChI is InChI=1S/C62H49N/c1-40-17-12-30-56-58(40)51-25-9-10-28-54(51)62(56,45-21-7-4-8-22-45)47-23-14-24-48(37-47)63(49-35-33-44-20-13-26-50(53(44)38-49)43-18-5-3-6-19-43)57-31-15-27-52-59-41(2)16-11-29-55(59)61(60(52)57)39-42-32-34-46(61)36-42/h3-31,33,35,37-38,42,46H,32,34,36,39H2,1-2H3. The van der Waals surface area contributed by atoms with Crippen molar-refractivity contribution in [2.75, 3.05) is 4.90 Å². The monoisotopic (exact) mass is 807 g/mol. The minimum atomic E-state index is -0.511. The first kappa shape index (κ1) is 36.7. The Kier molecular flexibility index (Phi) is 8.02. The number of aryl methyl sites for hydroxylation is 2. The van der Waals surface area contributed by atoms with Gasteiger partial charge >= 0.3 is 0 Å². The summed E-state index contributed by atoms with van der Waals surface area (Å²) in [6.07, 6.45) is 5.21. The molecule has 0 aliphatic heterocycles. The second kappa shape index (κ2) is 13.8. The zero-order chi connectivity index (χ0) is 41.9. The lowest BCUT2D eigenvalue weighted by atomic mass is 9.66. The fourth-order valence-electron chi connectivity index (χ4n) is 13.5. The molecular formula is C62H49N. The van der Waals surface area contributed by atoms with E-state index in [9.17, 15) is 0 Å². The second-order valence-electron chi connectivity index (χ2n) is 18.9. The van der Waals surface area contributed by atoms with E-state index in [0.29, 0.717) is 5.92 Å². The third kappa shape index (κ3) is 5.05. The summed E-state index contributed by atoms with van der Waals surface area (Å²) in [4.78, 5) is 2.65. The number of anilines is 3. The maximum atomic E-state index is 2.65. The summed E-state index contributed by atoms with van der Waals surface area (Å²) in [6.45, 7) is 4.61. The number of benzene rings is 9. The summed E-state index contributed by atoms with van der Waals surface area (Å²) in [5.41, 5.74) is 22.3. The van der Waals surface area contributed by atoms with Crippen LogP contribution in [0.5, 0.6) is 0 Å². The van der Waals surface area contributed by atoms with Crippen molar-refractivity contribution in [1.29, 1.82) is 0 Å². The molecule has 0 amide bonds. The van der Waals surface area contributed by atoms with Gasteiger partial charge in [0.05, 0.1) is 11.1 Å². The van der Waals surface area contributed by atoms with Crippen molar-refractivity contribution in [1.82, 2.24) is 0 Å². The maximum absolute atomic E-state index is 2.65. The van der Waals surface area contributed by atoms with E-state index in [1.165, 1.54) is 126 Å². The molecule has 4 aliphatic carbocycles. The molecule has 2 bridgehead atoms. The number of hydrogen-bond donors (Lipinski definition) is 0. The van der Waals surface area contributed by atoms with Crippen LogP contribution in [0.4, 0.5) is 17.1 Å². The second-order valence-corrected chi connectivity index (χ2v) is 18.9. The average Bonchev–Trinajstić information content (AvgIpc) is 4.10. The minimum absolute atomic E-state index is 0.00970. The molecule has 13 rings (SSSR count). The lowest BCUT2D eigenvalue weighted by Crippen LogP contribution is -2.33. The summed E-state index contributed by atoms with van der Waals surface area (Å²) < 4.78 is 0. The molecule has 63 heavy (non-hydrogen) atoms. The summed E-state index contributed by atoms with van der Waals surface area (Å²) in [5, 5.41) is 2.51. The summed E-state index contributed by atoms with van der Waals surface area (Å²) in [7, 11) is 0. The smallest absolute Gasteiger partial charge is 0.0714 e. The van der Waals surface area contributed by atoms with E-state index in [-0.39, 0.29) is 5.41 Å². The van der Waals surface area contributed by atoms with Gasteiger partial charge in [0.25, 0.3) is 0 Å². The zero-order valence-corrected chi connectivity index (χ0v) is 36.0. The first-order valence-corrected chi connectivity index (χ1v) is 23.0. The molecule has 302 valence electrons. The highest BCUT2D eigenvalue weighted by Crippen LogP contribution is 2.68. The molecular weight excluding hydrogens is 759 g/mol. The van der Waals surface area contributed by atoms with Gasteiger partial charge in [-0.1, -0.05) is 176 Å². The van der Waals surface area contributed by atoms with E-state index >= 15 is 0 Å². The van der Waals surface area contributed by atoms with Gasteiger partial charge in [-0.3, -0.25) is 0 Å². The molecule has 0 saturated heterocycles. The Morgan fingerprint density at radius 3 is 1.90 bits per heavy atom. The highest BCUT2D eigenvalue weighted by molar-refractivity contribution is 6.01. The Labute approximate surface area is 371 Å². The van der Waals surface area contributed by atoms with Gasteiger partial charge in [-0.05, 0) is 164 Å². The summed E-state index contributed by atoms with van der Waals surface area (Å²) in [6, 6.07) is 76.2. The van der Waals surface area contributed by atoms with Gasteiger partial charge in [-0.25, -0.2) is 0 Å². The lowest BCUT2D eigenvalue weighted by molar-refractivity contribution is 0.327. The van der Waals surface area contributed by atoms with Crippen molar-refractivity contribution in [2.45, 2.75) is 50.4 Å². The van der Waals surface area contributed by atoms with Crippen LogP contribution in [-0.4, -0.2) is 0 Å². The Balaban J connectivity index is 1.11. The van der Waals surface area contributed by atoms with Crippen LogP contribution in [0.2, 0.25) is 0 Å². The molecule has 9 aromatic carbocycles. The van der Waals surface area contributed by atoms with Gasteiger partial charge < -0.3 is 4.90 Å². The quantitative estimate of drug-likeness (QED) is 0.162. The van der Waals surface area contributed by atoms with Crippen LogP contribution < -0.4 is 4.90 Å². The van der Waals surface area contributed by atoms with Crippen molar-refractivity contribution < 1.29 is 0 Å². The largest absolute Gasteiger partial charge is 0.310 e. The fraction of sp³-hybridized carbons (Fsp3) is 0.161. The molecule has 0 N–H and O–H groups in total. The van der Waals surface area contributed by atoms with E-state index in [2.05, 4.69) is 219 Å². The molecule has 2 saturated carbocycles. The van der Waals surface area contributed by atoms with Crippen LogP contribution in [0, 0.1) is 25.7 Å². The number of fused-ring (bicyclic) bond motifs is 12. The van der Waals surface area contributed by atoms with Crippen molar-refractivity contribution in [3.05, 3.63) is 245 Å². The van der Waals surface area contributed by atoms with Crippen molar-refractivity contribution in [3.8, 4) is 33.4 Å².